The normalized spacial score (nSPS) is 10.8. The first-order chi connectivity index (χ1) is 14.1. The number of carbonyl (C=O) groups is 2. The Hall–Kier alpha value is -3.80. The third-order valence-electron chi connectivity index (χ3n) is 4.81. The summed E-state index contributed by atoms with van der Waals surface area (Å²) in [4.78, 5) is 27.7. The van der Waals surface area contributed by atoms with Crippen molar-refractivity contribution in [1.29, 1.82) is 0 Å². The summed E-state index contributed by atoms with van der Waals surface area (Å²) in [6, 6.07) is 18.6. The second-order valence-electron chi connectivity index (χ2n) is 6.86. The molecule has 2 heterocycles. The van der Waals surface area contributed by atoms with Gasteiger partial charge in [0.15, 0.2) is 5.76 Å². The molecule has 29 heavy (non-hydrogen) atoms. The number of aryl methyl sites for hydroxylation is 1. The number of aromatic amines is 1. The van der Waals surface area contributed by atoms with E-state index >= 15 is 0 Å². The Morgan fingerprint density at radius 1 is 1.00 bits per heavy atom. The van der Waals surface area contributed by atoms with Gasteiger partial charge in [-0.15, -0.1) is 0 Å². The number of anilines is 1. The van der Waals surface area contributed by atoms with E-state index in [1.165, 1.54) is 6.26 Å². The number of rotatable bonds is 6. The van der Waals surface area contributed by atoms with Gasteiger partial charge < -0.3 is 20.0 Å². The minimum Gasteiger partial charge on any atom is -0.459 e. The monoisotopic (exact) mass is 387 g/mol. The van der Waals surface area contributed by atoms with Crippen molar-refractivity contribution in [1.82, 2.24) is 10.3 Å². The van der Waals surface area contributed by atoms with E-state index < -0.39 is 0 Å². The first-order valence-corrected chi connectivity index (χ1v) is 9.37. The van der Waals surface area contributed by atoms with Crippen LogP contribution in [-0.4, -0.2) is 16.8 Å². The number of benzene rings is 2. The minimum absolute atomic E-state index is 0.0342. The summed E-state index contributed by atoms with van der Waals surface area (Å²) < 4.78 is 5.07. The van der Waals surface area contributed by atoms with E-state index in [-0.39, 0.29) is 17.6 Å². The molecule has 2 aromatic carbocycles. The largest absolute Gasteiger partial charge is 0.459 e. The quantitative estimate of drug-likeness (QED) is 0.464. The molecule has 2 aromatic heterocycles. The van der Waals surface area contributed by atoms with Crippen molar-refractivity contribution in [2.75, 3.05) is 5.32 Å². The lowest BCUT2D eigenvalue weighted by molar-refractivity contribution is -0.120. The number of aromatic nitrogens is 1. The van der Waals surface area contributed by atoms with Crippen molar-refractivity contribution in [3.8, 4) is 0 Å². The highest BCUT2D eigenvalue weighted by atomic mass is 16.3. The SMILES string of the molecule is Cc1[nH]c2ccccc2c1CC(=O)NCc1ccc(NC(=O)c2ccco2)cc1. The predicted octanol–water partition coefficient (Wildman–Crippen LogP) is 4.18. The number of nitrogens with one attached hydrogen (secondary N) is 3. The van der Waals surface area contributed by atoms with Crippen LogP contribution in [0.2, 0.25) is 0 Å². The Bertz CT molecular complexity index is 1140. The van der Waals surface area contributed by atoms with Crippen LogP contribution in [0.1, 0.15) is 27.4 Å². The molecule has 0 bridgehead atoms. The van der Waals surface area contributed by atoms with Crippen LogP contribution in [-0.2, 0) is 17.8 Å². The number of amides is 2. The standard InChI is InChI=1S/C23H21N3O3/c1-15-19(18-5-2-3-6-20(18)25-15)13-22(27)24-14-16-8-10-17(11-9-16)26-23(28)21-7-4-12-29-21/h2-12,25H,13-14H2,1H3,(H,24,27)(H,26,28). The van der Waals surface area contributed by atoms with Crippen LogP contribution in [0.5, 0.6) is 0 Å². The Balaban J connectivity index is 1.33. The molecule has 3 N–H and O–H groups in total. The molecule has 0 saturated carbocycles. The van der Waals surface area contributed by atoms with Gasteiger partial charge in [0.25, 0.3) is 5.91 Å². The zero-order valence-electron chi connectivity index (χ0n) is 16.0. The molecule has 0 unspecified atom stereocenters. The Kier molecular flexibility index (Phi) is 5.16. The molecule has 0 aliphatic rings. The van der Waals surface area contributed by atoms with Gasteiger partial charge >= 0.3 is 0 Å². The average Bonchev–Trinajstić information content (AvgIpc) is 3.36. The first kappa shape index (κ1) is 18.6. The van der Waals surface area contributed by atoms with Crippen molar-refractivity contribution in [2.24, 2.45) is 0 Å². The van der Waals surface area contributed by atoms with Gasteiger partial charge in [0.1, 0.15) is 0 Å². The summed E-state index contributed by atoms with van der Waals surface area (Å²) in [7, 11) is 0. The third-order valence-corrected chi connectivity index (χ3v) is 4.81. The summed E-state index contributed by atoms with van der Waals surface area (Å²) >= 11 is 0. The molecule has 146 valence electrons. The third kappa shape index (κ3) is 4.21. The molecule has 6 nitrogen and oxygen atoms in total. The van der Waals surface area contributed by atoms with Crippen molar-refractivity contribution < 1.29 is 14.0 Å². The van der Waals surface area contributed by atoms with Gasteiger partial charge in [0, 0.05) is 28.8 Å². The Morgan fingerprint density at radius 3 is 2.55 bits per heavy atom. The molecule has 0 saturated heterocycles. The summed E-state index contributed by atoms with van der Waals surface area (Å²) in [6.07, 6.45) is 1.78. The predicted molar refractivity (Wildman–Crippen MR) is 112 cm³/mol. The van der Waals surface area contributed by atoms with Crippen LogP contribution < -0.4 is 10.6 Å². The minimum atomic E-state index is -0.301. The number of furan rings is 1. The van der Waals surface area contributed by atoms with E-state index in [1.54, 1.807) is 24.3 Å². The van der Waals surface area contributed by atoms with Gasteiger partial charge in [-0.2, -0.15) is 0 Å². The lowest BCUT2D eigenvalue weighted by atomic mass is 10.1. The summed E-state index contributed by atoms with van der Waals surface area (Å²) in [5.41, 5.74) is 4.69. The van der Waals surface area contributed by atoms with Gasteiger partial charge in [-0.05, 0) is 48.4 Å². The van der Waals surface area contributed by atoms with Crippen LogP contribution in [0, 0.1) is 6.92 Å². The molecule has 0 fully saturated rings. The maximum absolute atomic E-state index is 12.4. The maximum Gasteiger partial charge on any atom is 0.291 e. The second kappa shape index (κ2) is 8.06. The fraction of sp³-hybridized carbons (Fsp3) is 0.130. The van der Waals surface area contributed by atoms with E-state index in [2.05, 4.69) is 15.6 Å². The van der Waals surface area contributed by atoms with Gasteiger partial charge in [0.2, 0.25) is 5.91 Å². The van der Waals surface area contributed by atoms with Gasteiger partial charge in [-0.1, -0.05) is 30.3 Å². The maximum atomic E-state index is 12.4. The van der Waals surface area contributed by atoms with Crippen LogP contribution in [0.4, 0.5) is 5.69 Å². The number of hydrogen-bond donors (Lipinski definition) is 3. The molecule has 0 spiro atoms. The summed E-state index contributed by atoms with van der Waals surface area (Å²) in [6.45, 7) is 2.41. The zero-order valence-corrected chi connectivity index (χ0v) is 16.0. The van der Waals surface area contributed by atoms with Crippen molar-refractivity contribution in [2.45, 2.75) is 19.9 Å². The lowest BCUT2D eigenvalue weighted by Gasteiger charge is -2.08. The lowest BCUT2D eigenvalue weighted by Crippen LogP contribution is -2.24. The average molecular weight is 387 g/mol. The van der Waals surface area contributed by atoms with E-state index in [1.807, 2.05) is 43.3 Å². The van der Waals surface area contributed by atoms with Crippen LogP contribution in [0.3, 0.4) is 0 Å². The molecule has 6 heteroatoms. The first-order valence-electron chi connectivity index (χ1n) is 9.37. The van der Waals surface area contributed by atoms with E-state index in [0.29, 0.717) is 18.7 Å². The molecule has 0 atom stereocenters. The molecule has 4 aromatic rings. The molecule has 2 amide bonds. The molecule has 0 radical (unpaired) electrons. The van der Waals surface area contributed by atoms with Crippen molar-refractivity contribution in [3.05, 3.63) is 89.5 Å². The highest BCUT2D eigenvalue weighted by Gasteiger charge is 2.12. The van der Waals surface area contributed by atoms with E-state index in [0.717, 1.165) is 27.7 Å². The Morgan fingerprint density at radius 2 is 1.79 bits per heavy atom. The number of para-hydroxylation sites is 1. The van der Waals surface area contributed by atoms with E-state index in [9.17, 15) is 9.59 Å². The fourth-order valence-corrected chi connectivity index (χ4v) is 3.29. The van der Waals surface area contributed by atoms with Crippen molar-refractivity contribution in [3.63, 3.8) is 0 Å². The van der Waals surface area contributed by atoms with Crippen LogP contribution in [0.25, 0.3) is 10.9 Å². The van der Waals surface area contributed by atoms with Gasteiger partial charge in [0.05, 0.1) is 12.7 Å². The smallest absolute Gasteiger partial charge is 0.291 e. The topological polar surface area (TPSA) is 87.1 Å². The second-order valence-corrected chi connectivity index (χ2v) is 6.86. The number of hydrogen-bond acceptors (Lipinski definition) is 3. The highest BCUT2D eigenvalue weighted by Crippen LogP contribution is 2.22. The summed E-state index contributed by atoms with van der Waals surface area (Å²) in [5.74, 6) is -0.0767. The molecule has 4 rings (SSSR count). The van der Waals surface area contributed by atoms with Gasteiger partial charge in [-0.3, -0.25) is 9.59 Å². The summed E-state index contributed by atoms with van der Waals surface area (Å²) in [5, 5.41) is 6.80. The van der Waals surface area contributed by atoms with E-state index in [4.69, 9.17) is 4.42 Å². The number of carbonyl (C=O) groups excluding carboxylic acids is 2. The number of fused-ring (bicyclic) bond motifs is 1. The molecule has 0 aliphatic carbocycles. The van der Waals surface area contributed by atoms with Gasteiger partial charge in [-0.25, -0.2) is 0 Å². The number of H-pyrrole nitrogens is 1. The fourth-order valence-electron chi connectivity index (χ4n) is 3.29. The Labute approximate surface area is 167 Å². The molecule has 0 aliphatic heterocycles. The van der Waals surface area contributed by atoms with Crippen LogP contribution >= 0.6 is 0 Å². The molecular weight excluding hydrogens is 366 g/mol. The van der Waals surface area contributed by atoms with Crippen LogP contribution in [0.15, 0.2) is 71.3 Å². The zero-order chi connectivity index (χ0) is 20.2. The highest BCUT2D eigenvalue weighted by molar-refractivity contribution is 6.02. The van der Waals surface area contributed by atoms with Crippen molar-refractivity contribution >= 4 is 28.4 Å². The molecular formula is C23H21N3O3.